The third-order valence-corrected chi connectivity index (χ3v) is 4.00. The van der Waals surface area contributed by atoms with Crippen molar-refractivity contribution in [1.29, 1.82) is 0 Å². The molecule has 0 atom stereocenters. The Bertz CT molecular complexity index is 323. The first-order valence-electron chi connectivity index (χ1n) is 8.91. The van der Waals surface area contributed by atoms with E-state index in [2.05, 4.69) is 41.7 Å². The summed E-state index contributed by atoms with van der Waals surface area (Å²) in [5.74, 6) is 0. The van der Waals surface area contributed by atoms with Gasteiger partial charge in [-0.15, -0.1) is 0 Å². The molecular weight excluding hydrogens is 280 g/mol. The van der Waals surface area contributed by atoms with Gasteiger partial charge in [0.1, 0.15) is 12.4 Å². The molecule has 0 radical (unpaired) electrons. The Balaban J connectivity index is 0.00000400. The summed E-state index contributed by atoms with van der Waals surface area (Å²) in [6, 6.07) is 0. The SMILES string of the molecule is CCCCCCCCCCCCn1cc[n+](CCC)c1.[Cl-]. The number of hydrogen-bond acceptors (Lipinski definition) is 0. The minimum atomic E-state index is 0. The molecule has 0 unspecified atom stereocenters. The molecule has 1 rings (SSSR count). The van der Waals surface area contributed by atoms with Crippen LogP contribution in [0.2, 0.25) is 0 Å². The fourth-order valence-electron chi connectivity index (χ4n) is 2.74. The molecule has 124 valence electrons. The van der Waals surface area contributed by atoms with E-state index in [0.29, 0.717) is 0 Å². The molecular formula is C18H35ClN2. The van der Waals surface area contributed by atoms with Crippen molar-refractivity contribution in [3.8, 4) is 0 Å². The van der Waals surface area contributed by atoms with Gasteiger partial charge in [-0.3, -0.25) is 0 Å². The molecule has 0 spiro atoms. The van der Waals surface area contributed by atoms with Gasteiger partial charge in [-0.2, -0.15) is 0 Å². The lowest BCUT2D eigenvalue weighted by Gasteiger charge is -2.01. The quantitative estimate of drug-likeness (QED) is 0.389. The zero-order valence-electron chi connectivity index (χ0n) is 14.2. The van der Waals surface area contributed by atoms with Crippen LogP contribution in [-0.4, -0.2) is 4.57 Å². The number of rotatable bonds is 13. The van der Waals surface area contributed by atoms with Gasteiger partial charge in [0.2, 0.25) is 6.33 Å². The molecule has 0 aromatic carbocycles. The summed E-state index contributed by atoms with van der Waals surface area (Å²) in [5, 5.41) is 0. The van der Waals surface area contributed by atoms with E-state index in [4.69, 9.17) is 0 Å². The molecule has 0 N–H and O–H groups in total. The number of imidazole rings is 1. The molecule has 21 heavy (non-hydrogen) atoms. The summed E-state index contributed by atoms with van der Waals surface area (Å²) < 4.78 is 4.62. The maximum atomic E-state index is 2.33. The van der Waals surface area contributed by atoms with Crippen molar-refractivity contribution >= 4 is 0 Å². The van der Waals surface area contributed by atoms with Crippen LogP contribution in [0.5, 0.6) is 0 Å². The number of halogens is 1. The van der Waals surface area contributed by atoms with Gasteiger partial charge < -0.3 is 12.4 Å². The van der Waals surface area contributed by atoms with E-state index in [0.717, 1.165) is 6.54 Å². The highest BCUT2D eigenvalue weighted by atomic mass is 35.5. The number of aryl methyl sites for hydroxylation is 2. The van der Waals surface area contributed by atoms with Gasteiger partial charge in [-0.05, 0) is 19.3 Å². The predicted octanol–water partition coefficient (Wildman–Crippen LogP) is 2.11. The van der Waals surface area contributed by atoms with Crippen LogP contribution in [0.4, 0.5) is 0 Å². The predicted molar refractivity (Wildman–Crippen MR) is 86.8 cm³/mol. The van der Waals surface area contributed by atoms with Crippen LogP contribution in [0.3, 0.4) is 0 Å². The minimum Gasteiger partial charge on any atom is -1.00 e. The average molecular weight is 315 g/mol. The van der Waals surface area contributed by atoms with E-state index in [1.807, 2.05) is 0 Å². The van der Waals surface area contributed by atoms with Crippen molar-refractivity contribution in [2.75, 3.05) is 0 Å². The lowest BCUT2D eigenvalue weighted by Crippen LogP contribution is -3.00. The Morgan fingerprint density at radius 2 is 1.33 bits per heavy atom. The molecule has 1 aromatic rings. The minimum absolute atomic E-state index is 0. The summed E-state index contributed by atoms with van der Waals surface area (Å²) in [4.78, 5) is 0. The number of hydrogen-bond donors (Lipinski definition) is 0. The Labute approximate surface area is 138 Å². The van der Waals surface area contributed by atoms with E-state index in [9.17, 15) is 0 Å². The Hall–Kier alpha value is -0.500. The van der Waals surface area contributed by atoms with Crippen LogP contribution >= 0.6 is 0 Å². The number of unbranched alkanes of at least 4 members (excludes halogenated alkanes) is 9. The number of nitrogens with zero attached hydrogens (tertiary/aromatic N) is 2. The Kier molecular flexibility index (Phi) is 14.1. The van der Waals surface area contributed by atoms with Gasteiger partial charge >= 0.3 is 0 Å². The Morgan fingerprint density at radius 1 is 0.762 bits per heavy atom. The first kappa shape index (κ1) is 20.5. The van der Waals surface area contributed by atoms with Crippen molar-refractivity contribution in [3.63, 3.8) is 0 Å². The van der Waals surface area contributed by atoms with E-state index < -0.39 is 0 Å². The van der Waals surface area contributed by atoms with E-state index in [1.165, 1.54) is 77.2 Å². The average Bonchev–Trinajstić information content (AvgIpc) is 2.89. The summed E-state index contributed by atoms with van der Waals surface area (Å²) in [6.07, 6.45) is 22.0. The summed E-state index contributed by atoms with van der Waals surface area (Å²) >= 11 is 0. The zero-order chi connectivity index (χ0) is 14.5. The maximum Gasteiger partial charge on any atom is 0.243 e. The second-order valence-electron chi connectivity index (χ2n) is 6.07. The van der Waals surface area contributed by atoms with E-state index in [1.54, 1.807) is 0 Å². The summed E-state index contributed by atoms with van der Waals surface area (Å²) in [6.45, 7) is 6.85. The van der Waals surface area contributed by atoms with Crippen molar-refractivity contribution in [2.24, 2.45) is 0 Å². The lowest BCUT2D eigenvalue weighted by molar-refractivity contribution is -0.696. The topological polar surface area (TPSA) is 8.81 Å². The standard InChI is InChI=1S/C18H35N2.ClH/c1-3-5-6-7-8-9-10-11-12-13-15-20-17-16-19(18-20)14-4-2;/h16-18H,3-15H2,1-2H3;1H/q+1;/p-1. The smallest absolute Gasteiger partial charge is 0.243 e. The molecule has 0 aliphatic rings. The normalized spacial score (nSPS) is 10.6. The first-order chi connectivity index (χ1) is 9.86. The van der Waals surface area contributed by atoms with Gasteiger partial charge in [-0.1, -0.05) is 65.2 Å². The van der Waals surface area contributed by atoms with Crippen LogP contribution in [0.15, 0.2) is 18.7 Å². The second-order valence-corrected chi connectivity index (χ2v) is 6.07. The summed E-state index contributed by atoms with van der Waals surface area (Å²) in [7, 11) is 0. The van der Waals surface area contributed by atoms with Crippen LogP contribution in [0.25, 0.3) is 0 Å². The van der Waals surface area contributed by atoms with Crippen molar-refractivity contribution in [3.05, 3.63) is 18.7 Å². The Morgan fingerprint density at radius 3 is 1.90 bits per heavy atom. The number of aromatic nitrogens is 2. The van der Waals surface area contributed by atoms with Gasteiger partial charge in [0.25, 0.3) is 0 Å². The molecule has 2 nitrogen and oxygen atoms in total. The fourth-order valence-corrected chi connectivity index (χ4v) is 2.74. The highest BCUT2D eigenvalue weighted by molar-refractivity contribution is 4.66. The van der Waals surface area contributed by atoms with Gasteiger partial charge in [0.15, 0.2) is 0 Å². The summed E-state index contributed by atoms with van der Waals surface area (Å²) in [5.41, 5.74) is 0. The lowest BCUT2D eigenvalue weighted by atomic mass is 10.1. The van der Waals surface area contributed by atoms with Crippen LogP contribution in [0.1, 0.15) is 84.5 Å². The largest absolute Gasteiger partial charge is 1.00 e. The molecule has 0 fully saturated rings. The molecule has 0 aliphatic carbocycles. The molecule has 0 saturated carbocycles. The monoisotopic (exact) mass is 314 g/mol. The molecule has 0 saturated heterocycles. The van der Waals surface area contributed by atoms with Crippen molar-refractivity contribution in [1.82, 2.24) is 4.57 Å². The molecule has 1 aromatic heterocycles. The van der Waals surface area contributed by atoms with Crippen LogP contribution in [-0.2, 0) is 13.1 Å². The highest BCUT2D eigenvalue weighted by Crippen LogP contribution is 2.10. The molecule has 1 heterocycles. The van der Waals surface area contributed by atoms with Gasteiger partial charge in [0, 0.05) is 0 Å². The third-order valence-electron chi connectivity index (χ3n) is 4.00. The molecule has 0 amide bonds. The van der Waals surface area contributed by atoms with Gasteiger partial charge in [-0.25, -0.2) is 9.13 Å². The van der Waals surface area contributed by atoms with Crippen molar-refractivity contribution < 1.29 is 17.0 Å². The molecule has 3 heteroatoms. The van der Waals surface area contributed by atoms with E-state index >= 15 is 0 Å². The van der Waals surface area contributed by atoms with E-state index in [-0.39, 0.29) is 12.4 Å². The molecule has 0 bridgehead atoms. The fraction of sp³-hybridized carbons (Fsp3) is 0.833. The third kappa shape index (κ3) is 10.8. The van der Waals surface area contributed by atoms with Crippen molar-refractivity contribution in [2.45, 2.75) is 97.6 Å². The zero-order valence-corrected chi connectivity index (χ0v) is 15.0. The second kappa shape index (κ2) is 14.4. The first-order valence-corrected chi connectivity index (χ1v) is 8.91. The van der Waals surface area contributed by atoms with Crippen LogP contribution < -0.4 is 17.0 Å². The maximum absolute atomic E-state index is 2.33. The van der Waals surface area contributed by atoms with Gasteiger partial charge in [0.05, 0.1) is 13.1 Å². The van der Waals surface area contributed by atoms with Crippen LogP contribution in [0, 0.1) is 0 Å². The highest BCUT2D eigenvalue weighted by Gasteiger charge is 2.01. The molecule has 0 aliphatic heterocycles.